The second kappa shape index (κ2) is 7.28. The Labute approximate surface area is 163 Å². The van der Waals surface area contributed by atoms with Gasteiger partial charge < -0.3 is 14.6 Å². The van der Waals surface area contributed by atoms with Crippen LogP contribution in [0.15, 0.2) is 36.1 Å². The van der Waals surface area contributed by atoms with E-state index in [9.17, 15) is 10.1 Å². The van der Waals surface area contributed by atoms with Crippen molar-refractivity contribution in [1.82, 2.24) is 9.88 Å². The zero-order valence-corrected chi connectivity index (χ0v) is 16.0. The Hall–Kier alpha value is -3.46. The number of ether oxygens (including phenoxy) is 1. The van der Waals surface area contributed by atoms with Crippen LogP contribution in [0.2, 0.25) is 0 Å². The maximum Gasteiger partial charge on any atom is 0.321 e. The van der Waals surface area contributed by atoms with Crippen LogP contribution in [0.4, 0.5) is 10.5 Å². The lowest BCUT2D eigenvalue weighted by Gasteiger charge is -2.15. The van der Waals surface area contributed by atoms with Gasteiger partial charge in [0.05, 0.1) is 23.7 Å². The smallest absolute Gasteiger partial charge is 0.321 e. The van der Waals surface area contributed by atoms with Gasteiger partial charge in [0, 0.05) is 36.6 Å². The van der Waals surface area contributed by atoms with Gasteiger partial charge in [-0.2, -0.15) is 5.26 Å². The molecule has 2 heterocycles. The molecule has 28 heavy (non-hydrogen) atoms. The van der Waals surface area contributed by atoms with Crippen molar-refractivity contribution in [2.75, 3.05) is 25.1 Å². The molecule has 0 atom stereocenters. The number of carbonyl (C=O) groups is 1. The number of hydrogen-bond donors (Lipinski definition) is 1. The summed E-state index contributed by atoms with van der Waals surface area (Å²) in [5, 5.41) is 14.7. The van der Waals surface area contributed by atoms with Crippen LogP contribution in [-0.2, 0) is 11.3 Å². The molecular weight excluding hydrogens is 352 g/mol. The van der Waals surface area contributed by atoms with Gasteiger partial charge in [-0.25, -0.2) is 4.79 Å². The lowest BCUT2D eigenvalue weighted by Crippen LogP contribution is -2.29. The van der Waals surface area contributed by atoms with Crippen molar-refractivity contribution < 1.29 is 9.53 Å². The average molecular weight is 374 g/mol. The first-order valence-electron chi connectivity index (χ1n) is 9.42. The van der Waals surface area contributed by atoms with Crippen LogP contribution in [0.25, 0.3) is 23.4 Å². The van der Waals surface area contributed by atoms with E-state index >= 15 is 0 Å². The third-order valence-corrected chi connectivity index (χ3v) is 5.24. The van der Waals surface area contributed by atoms with Gasteiger partial charge in [0.1, 0.15) is 11.8 Å². The molecule has 0 spiro atoms. The minimum Gasteiger partial charge on any atom is -0.497 e. The molecule has 2 aromatic rings. The molecule has 1 aromatic heterocycles. The molecule has 6 heteroatoms. The minimum absolute atomic E-state index is 0.0720. The molecule has 0 bridgehead atoms. The highest BCUT2D eigenvalue weighted by molar-refractivity contribution is 5.94. The van der Waals surface area contributed by atoms with Crippen LogP contribution in [-0.4, -0.2) is 30.8 Å². The number of allylic oxidation sites excluding steroid dienone is 2. The lowest BCUT2D eigenvalue weighted by atomic mass is 10.1. The Bertz CT molecular complexity index is 1120. The molecule has 1 aliphatic heterocycles. The van der Waals surface area contributed by atoms with Crippen molar-refractivity contribution in [3.8, 4) is 17.3 Å². The van der Waals surface area contributed by atoms with E-state index in [4.69, 9.17) is 4.74 Å². The number of hydrogen-bond acceptors (Lipinski definition) is 3. The van der Waals surface area contributed by atoms with Crippen molar-refractivity contribution in [2.24, 2.45) is 0 Å². The van der Waals surface area contributed by atoms with Gasteiger partial charge in [-0.15, -0.1) is 0 Å². The summed E-state index contributed by atoms with van der Waals surface area (Å²) in [6, 6.07) is 10.2. The van der Waals surface area contributed by atoms with Gasteiger partial charge in [0.15, 0.2) is 0 Å². The number of aromatic nitrogens is 1. The first-order chi connectivity index (χ1) is 13.7. The zero-order chi connectivity index (χ0) is 19.7. The Morgan fingerprint density at radius 2 is 2.04 bits per heavy atom. The summed E-state index contributed by atoms with van der Waals surface area (Å²) in [5.41, 5.74) is 3.39. The number of benzene rings is 1. The quantitative estimate of drug-likeness (QED) is 0.891. The number of rotatable bonds is 4. The Balaban J connectivity index is 1.87. The summed E-state index contributed by atoms with van der Waals surface area (Å²) in [5.74, 6) is 0.800. The van der Waals surface area contributed by atoms with Crippen molar-refractivity contribution >= 4 is 23.9 Å². The number of methoxy groups -OCH3 is 1. The largest absolute Gasteiger partial charge is 0.497 e. The van der Waals surface area contributed by atoms with Gasteiger partial charge in [-0.05, 0) is 37.1 Å². The molecule has 4 rings (SSSR count). The summed E-state index contributed by atoms with van der Waals surface area (Å²) < 4.78 is 7.60. The lowest BCUT2D eigenvalue weighted by molar-refractivity contribution is 0.252. The topological polar surface area (TPSA) is 70.3 Å². The molecule has 0 radical (unpaired) electrons. The molecule has 142 valence electrons. The van der Waals surface area contributed by atoms with E-state index in [-0.39, 0.29) is 6.03 Å². The summed E-state index contributed by atoms with van der Waals surface area (Å²) in [4.78, 5) is 13.6. The molecule has 1 aromatic carbocycles. The molecule has 1 saturated heterocycles. The number of anilines is 1. The number of nitrogens with one attached hydrogen (secondary N) is 1. The molecule has 2 amide bonds. The van der Waals surface area contributed by atoms with E-state index in [1.807, 2.05) is 36.4 Å². The third kappa shape index (κ3) is 2.85. The number of fused-ring (bicyclic) bond motifs is 1. The van der Waals surface area contributed by atoms with Gasteiger partial charge in [0.2, 0.25) is 0 Å². The van der Waals surface area contributed by atoms with E-state index in [0.29, 0.717) is 18.7 Å². The highest BCUT2D eigenvalue weighted by atomic mass is 16.5. The fourth-order valence-electron chi connectivity index (χ4n) is 3.91. The number of carbonyl (C=O) groups excluding carboxylic acids is 1. The normalized spacial score (nSPS) is 15.5. The Morgan fingerprint density at radius 1 is 1.25 bits per heavy atom. The van der Waals surface area contributed by atoms with Crippen LogP contribution < -0.4 is 20.8 Å². The van der Waals surface area contributed by atoms with Crippen molar-refractivity contribution in [1.29, 1.82) is 5.26 Å². The molecule has 0 saturated carbocycles. The third-order valence-electron chi connectivity index (χ3n) is 5.24. The van der Waals surface area contributed by atoms with Crippen LogP contribution in [0.1, 0.15) is 18.9 Å². The number of urea groups is 1. The van der Waals surface area contributed by atoms with E-state index in [0.717, 1.165) is 46.2 Å². The molecular formula is C22H22N4O2. The monoisotopic (exact) mass is 374 g/mol. The number of nitriles is 1. The molecule has 0 unspecified atom stereocenters. The second-order valence-electron chi connectivity index (χ2n) is 6.70. The predicted molar refractivity (Wildman–Crippen MR) is 109 cm³/mol. The van der Waals surface area contributed by atoms with Crippen LogP contribution in [0.5, 0.6) is 0 Å². The fourth-order valence-corrected chi connectivity index (χ4v) is 3.91. The molecule has 1 fully saturated rings. The van der Waals surface area contributed by atoms with Crippen molar-refractivity contribution in [2.45, 2.75) is 19.9 Å². The van der Waals surface area contributed by atoms with Crippen LogP contribution in [0, 0.1) is 11.3 Å². The van der Waals surface area contributed by atoms with Crippen molar-refractivity contribution in [3.05, 3.63) is 52.2 Å². The van der Waals surface area contributed by atoms with E-state index in [1.165, 1.54) is 0 Å². The highest BCUT2D eigenvalue weighted by Crippen LogP contribution is 2.25. The number of nitrogens with zero attached hydrogens (tertiary/aromatic N) is 3. The van der Waals surface area contributed by atoms with E-state index < -0.39 is 0 Å². The maximum absolute atomic E-state index is 11.9. The molecule has 6 nitrogen and oxygen atoms in total. The zero-order valence-electron chi connectivity index (χ0n) is 16.0. The molecule has 2 aliphatic rings. The van der Waals surface area contributed by atoms with Gasteiger partial charge in [-0.1, -0.05) is 18.2 Å². The fraction of sp³-hybridized carbons (Fsp3) is 0.273. The average Bonchev–Trinajstić information content (AvgIpc) is 3.20. The molecule has 1 N–H and O–H groups in total. The molecule has 1 aliphatic carbocycles. The number of amides is 2. The van der Waals surface area contributed by atoms with Gasteiger partial charge in [-0.3, -0.25) is 4.90 Å². The van der Waals surface area contributed by atoms with Crippen LogP contribution in [0.3, 0.4) is 0 Å². The maximum atomic E-state index is 11.9. The van der Waals surface area contributed by atoms with Gasteiger partial charge >= 0.3 is 6.03 Å². The van der Waals surface area contributed by atoms with Crippen molar-refractivity contribution in [3.63, 3.8) is 0 Å². The summed E-state index contributed by atoms with van der Waals surface area (Å²) in [7, 11) is 1.66. The van der Waals surface area contributed by atoms with E-state index in [1.54, 1.807) is 12.0 Å². The summed E-state index contributed by atoms with van der Waals surface area (Å²) in [6.07, 6.45) is 6.80. The standard InChI is InChI=1S/C22H22N4O2/c1-3-25-20-13-17(28-2)5-4-6-18(20)19(14-23)21(25)15-7-9-16(10-8-15)26-12-11-24-22(26)27/h5-10,13H,3-4,11-12H2,1-2H3,(H,24,27). The Kier molecular flexibility index (Phi) is 4.66. The van der Waals surface area contributed by atoms with Gasteiger partial charge in [0.25, 0.3) is 0 Å². The Morgan fingerprint density at radius 3 is 2.64 bits per heavy atom. The SMILES string of the molecule is CCn1c(-c2ccc(N3CCNC3=O)cc2)c(C#N)c2c1=CC(OC)=CCC=2. The summed E-state index contributed by atoms with van der Waals surface area (Å²) in [6.45, 7) is 4.13. The summed E-state index contributed by atoms with van der Waals surface area (Å²) >= 11 is 0. The minimum atomic E-state index is -0.0720. The predicted octanol–water partition coefficient (Wildman–Crippen LogP) is 2.07. The van der Waals surface area contributed by atoms with E-state index in [2.05, 4.69) is 29.0 Å². The second-order valence-corrected chi connectivity index (χ2v) is 6.70. The van der Waals surface area contributed by atoms with Crippen LogP contribution >= 0.6 is 0 Å². The first kappa shape index (κ1) is 17.9. The highest BCUT2D eigenvalue weighted by Gasteiger charge is 2.22. The first-order valence-corrected chi connectivity index (χ1v) is 9.42.